The van der Waals surface area contributed by atoms with Crippen LogP contribution in [0.4, 0.5) is 0 Å². The zero-order valence-electron chi connectivity index (χ0n) is 8.95. The van der Waals surface area contributed by atoms with Gasteiger partial charge in [0.2, 0.25) is 0 Å². The minimum absolute atomic E-state index is 0.255. The Balaban J connectivity index is 2.36. The minimum Gasteiger partial charge on any atom is -0.370 e. The van der Waals surface area contributed by atoms with E-state index in [0.717, 1.165) is 0 Å². The number of hydrogen-bond acceptors (Lipinski definition) is 2. The molecule has 2 rings (SSSR count). The number of carbonyl (C=O) groups excluding carboxylic acids is 1. The second-order valence-electron chi connectivity index (χ2n) is 3.33. The number of pyridine rings is 1. The van der Waals surface area contributed by atoms with Crippen LogP contribution < -0.4 is 11.5 Å². The van der Waals surface area contributed by atoms with Crippen molar-refractivity contribution in [1.82, 2.24) is 9.55 Å². The molecule has 2 aromatic rings. The van der Waals surface area contributed by atoms with Gasteiger partial charge < -0.3 is 16.0 Å². The number of aromatic nitrogens is 2. The molecule has 0 radical (unpaired) electrons. The average Bonchev–Trinajstić information content (AvgIpc) is 2.82. The molecule has 0 saturated carbocycles. The summed E-state index contributed by atoms with van der Waals surface area (Å²) < 4.78 is 1.78. The molecule has 6 heteroatoms. The van der Waals surface area contributed by atoms with Gasteiger partial charge in [0.05, 0.1) is 0 Å². The van der Waals surface area contributed by atoms with Gasteiger partial charge in [-0.05, 0) is 24.3 Å². The van der Waals surface area contributed by atoms with Gasteiger partial charge in [-0.25, -0.2) is 4.98 Å². The summed E-state index contributed by atoms with van der Waals surface area (Å²) in [6.45, 7) is 0. The maximum atomic E-state index is 11.6. The van der Waals surface area contributed by atoms with Crippen LogP contribution in [-0.2, 0) is 0 Å². The number of guanidine groups is 1. The SMILES string of the molecule is NC(N)=NC(=O)c1ccnc(-n2cccc2)c1. The molecule has 0 aliphatic heterocycles. The predicted octanol–water partition coefficient (Wildman–Crippen LogP) is 0.286. The molecule has 2 aromatic heterocycles. The van der Waals surface area contributed by atoms with Crippen LogP contribution in [0.3, 0.4) is 0 Å². The van der Waals surface area contributed by atoms with Gasteiger partial charge in [-0.15, -0.1) is 0 Å². The number of nitrogens with zero attached hydrogens (tertiary/aromatic N) is 3. The van der Waals surface area contributed by atoms with Crippen LogP contribution in [0.5, 0.6) is 0 Å². The van der Waals surface area contributed by atoms with E-state index < -0.39 is 5.91 Å². The molecule has 0 aromatic carbocycles. The van der Waals surface area contributed by atoms with Gasteiger partial charge in [0, 0.05) is 24.2 Å². The zero-order chi connectivity index (χ0) is 12.3. The Labute approximate surface area is 97.6 Å². The maximum absolute atomic E-state index is 11.6. The summed E-state index contributed by atoms with van der Waals surface area (Å²) in [6.07, 6.45) is 5.19. The summed E-state index contributed by atoms with van der Waals surface area (Å²) in [5.74, 6) is -0.109. The monoisotopic (exact) mass is 229 g/mol. The molecule has 0 bridgehead atoms. The van der Waals surface area contributed by atoms with E-state index in [1.807, 2.05) is 24.5 Å². The van der Waals surface area contributed by atoms with E-state index in [4.69, 9.17) is 11.5 Å². The summed E-state index contributed by atoms with van der Waals surface area (Å²) in [6, 6.07) is 6.91. The molecular formula is C11H11N5O. The van der Waals surface area contributed by atoms with Crippen LogP contribution in [-0.4, -0.2) is 21.4 Å². The molecule has 17 heavy (non-hydrogen) atoms. The number of carbonyl (C=O) groups is 1. The van der Waals surface area contributed by atoms with Gasteiger partial charge in [0.25, 0.3) is 5.91 Å². The lowest BCUT2D eigenvalue weighted by Crippen LogP contribution is -2.24. The fourth-order valence-electron chi connectivity index (χ4n) is 1.36. The highest BCUT2D eigenvalue weighted by Gasteiger charge is 2.06. The van der Waals surface area contributed by atoms with E-state index in [9.17, 15) is 4.79 Å². The maximum Gasteiger partial charge on any atom is 0.280 e. The summed E-state index contributed by atoms with van der Waals surface area (Å²) in [7, 11) is 0. The van der Waals surface area contributed by atoms with Crippen molar-refractivity contribution in [2.75, 3.05) is 0 Å². The smallest absolute Gasteiger partial charge is 0.280 e. The van der Waals surface area contributed by atoms with E-state index >= 15 is 0 Å². The Morgan fingerprint density at radius 2 is 2.00 bits per heavy atom. The lowest BCUT2D eigenvalue weighted by Gasteiger charge is -2.02. The average molecular weight is 229 g/mol. The van der Waals surface area contributed by atoms with E-state index in [2.05, 4.69) is 9.98 Å². The Morgan fingerprint density at radius 1 is 1.29 bits per heavy atom. The van der Waals surface area contributed by atoms with Crippen LogP contribution in [0.1, 0.15) is 10.4 Å². The number of rotatable bonds is 2. The van der Waals surface area contributed by atoms with Gasteiger partial charge >= 0.3 is 0 Å². The molecule has 0 fully saturated rings. The van der Waals surface area contributed by atoms with Gasteiger partial charge in [-0.1, -0.05) is 0 Å². The summed E-state index contributed by atoms with van der Waals surface area (Å²) in [5.41, 5.74) is 10.7. The van der Waals surface area contributed by atoms with Crippen molar-refractivity contribution in [3.8, 4) is 5.82 Å². The van der Waals surface area contributed by atoms with Crippen LogP contribution in [0.25, 0.3) is 5.82 Å². The van der Waals surface area contributed by atoms with Crippen LogP contribution in [0, 0.1) is 0 Å². The summed E-state index contributed by atoms with van der Waals surface area (Å²) >= 11 is 0. The molecular weight excluding hydrogens is 218 g/mol. The fourth-order valence-corrected chi connectivity index (χ4v) is 1.36. The van der Waals surface area contributed by atoms with Crippen molar-refractivity contribution in [3.63, 3.8) is 0 Å². The number of aliphatic imine (C=N–C) groups is 1. The molecule has 0 aliphatic rings. The zero-order valence-corrected chi connectivity index (χ0v) is 8.95. The predicted molar refractivity (Wildman–Crippen MR) is 63.7 cm³/mol. The minimum atomic E-state index is -0.485. The lowest BCUT2D eigenvalue weighted by atomic mass is 10.2. The summed E-state index contributed by atoms with van der Waals surface area (Å²) in [5, 5.41) is 0. The van der Waals surface area contributed by atoms with Gasteiger partial charge in [-0.3, -0.25) is 4.79 Å². The first kappa shape index (κ1) is 10.9. The lowest BCUT2D eigenvalue weighted by molar-refractivity contribution is 0.100. The molecule has 2 heterocycles. The van der Waals surface area contributed by atoms with E-state index in [1.165, 1.54) is 6.20 Å². The molecule has 0 unspecified atom stereocenters. The molecule has 0 saturated heterocycles. The van der Waals surface area contributed by atoms with Crippen molar-refractivity contribution in [3.05, 3.63) is 48.4 Å². The molecule has 86 valence electrons. The molecule has 4 N–H and O–H groups in total. The van der Waals surface area contributed by atoms with E-state index in [-0.39, 0.29) is 5.96 Å². The first-order chi connectivity index (χ1) is 8.16. The van der Waals surface area contributed by atoms with Crippen molar-refractivity contribution < 1.29 is 4.79 Å². The third-order valence-corrected chi connectivity index (χ3v) is 2.09. The van der Waals surface area contributed by atoms with E-state index in [1.54, 1.807) is 16.7 Å². The summed E-state index contributed by atoms with van der Waals surface area (Å²) in [4.78, 5) is 19.2. The highest BCUT2D eigenvalue weighted by Crippen LogP contribution is 2.08. The van der Waals surface area contributed by atoms with Crippen LogP contribution in [0.2, 0.25) is 0 Å². The largest absolute Gasteiger partial charge is 0.370 e. The van der Waals surface area contributed by atoms with Crippen LogP contribution >= 0.6 is 0 Å². The third kappa shape index (κ3) is 2.49. The Kier molecular flexibility index (Phi) is 2.87. The topological polar surface area (TPSA) is 99.3 Å². The van der Waals surface area contributed by atoms with Crippen molar-refractivity contribution in [2.24, 2.45) is 16.5 Å². The van der Waals surface area contributed by atoms with Crippen molar-refractivity contribution in [2.45, 2.75) is 0 Å². The molecule has 0 aliphatic carbocycles. The Morgan fingerprint density at radius 3 is 2.65 bits per heavy atom. The molecule has 1 amide bonds. The molecule has 6 nitrogen and oxygen atoms in total. The van der Waals surface area contributed by atoms with Crippen molar-refractivity contribution in [1.29, 1.82) is 0 Å². The van der Waals surface area contributed by atoms with E-state index in [0.29, 0.717) is 11.4 Å². The van der Waals surface area contributed by atoms with Crippen LogP contribution in [0.15, 0.2) is 47.8 Å². The first-order valence-electron chi connectivity index (χ1n) is 4.90. The standard InChI is InChI=1S/C11H11N5O/c12-11(13)15-10(17)8-3-4-14-9(7-8)16-5-1-2-6-16/h1-7H,(H4,12,13,15,17). The first-order valence-corrected chi connectivity index (χ1v) is 4.90. The van der Waals surface area contributed by atoms with Crippen molar-refractivity contribution >= 4 is 11.9 Å². The Bertz CT molecular complexity index is 555. The quantitative estimate of drug-likeness (QED) is 0.571. The third-order valence-electron chi connectivity index (χ3n) is 2.09. The fraction of sp³-hybridized carbons (Fsp3) is 0. The number of nitrogens with two attached hydrogens (primary N) is 2. The second-order valence-corrected chi connectivity index (χ2v) is 3.33. The Hall–Kier alpha value is -2.63. The molecule has 0 spiro atoms. The van der Waals surface area contributed by atoms with Gasteiger partial charge in [-0.2, -0.15) is 4.99 Å². The van der Waals surface area contributed by atoms with Gasteiger partial charge in [0.15, 0.2) is 5.96 Å². The van der Waals surface area contributed by atoms with Gasteiger partial charge in [0.1, 0.15) is 5.82 Å². The molecule has 0 atom stereocenters. The highest BCUT2D eigenvalue weighted by atomic mass is 16.1. The highest BCUT2D eigenvalue weighted by molar-refractivity contribution is 6.02. The number of amides is 1. The number of hydrogen-bond donors (Lipinski definition) is 2. The normalized spacial score (nSPS) is 9.88. The second kappa shape index (κ2) is 4.48.